The highest BCUT2D eigenvalue weighted by Gasteiger charge is 2.71. The van der Waals surface area contributed by atoms with E-state index in [9.17, 15) is 44.3 Å². The van der Waals surface area contributed by atoms with Crippen LogP contribution in [-0.4, -0.2) is 36.8 Å². The second kappa shape index (κ2) is 5.56. The number of rotatable bonds is 3. The topological polar surface area (TPSA) is 38.3 Å². The van der Waals surface area contributed by atoms with Gasteiger partial charge in [-0.2, -0.15) is 39.5 Å². The van der Waals surface area contributed by atoms with Crippen molar-refractivity contribution < 1.29 is 49.0 Å². The zero-order chi connectivity index (χ0) is 16.4. The third kappa shape index (κ3) is 4.34. The van der Waals surface area contributed by atoms with Crippen LogP contribution < -0.4 is 5.32 Å². The van der Waals surface area contributed by atoms with E-state index >= 15 is 0 Å². The summed E-state index contributed by atoms with van der Waals surface area (Å²) in [6.07, 6.45) is -21.1. The summed E-state index contributed by atoms with van der Waals surface area (Å²) in [5, 5.41) is 0.422. The molecule has 0 spiro atoms. The van der Waals surface area contributed by atoms with Gasteiger partial charge in [0.2, 0.25) is 5.54 Å². The van der Waals surface area contributed by atoms with Gasteiger partial charge >= 0.3 is 24.6 Å². The first-order valence-electron chi connectivity index (χ1n) is 4.81. The molecule has 0 aromatic carbocycles. The van der Waals surface area contributed by atoms with Gasteiger partial charge in [-0.1, -0.05) is 6.92 Å². The summed E-state index contributed by atoms with van der Waals surface area (Å²) in [6.45, 7) is -1.85. The summed E-state index contributed by atoms with van der Waals surface area (Å²) in [6, 6.07) is 0. The average molecular weight is 321 g/mol. The molecule has 0 saturated carbocycles. The summed E-state index contributed by atoms with van der Waals surface area (Å²) in [5.74, 6) is 0. The van der Waals surface area contributed by atoms with Crippen LogP contribution in [-0.2, 0) is 4.74 Å². The molecule has 0 aliphatic carbocycles. The van der Waals surface area contributed by atoms with Gasteiger partial charge in [-0.3, -0.25) is 5.32 Å². The van der Waals surface area contributed by atoms with Crippen LogP contribution in [0.25, 0.3) is 0 Å². The molecule has 1 N–H and O–H groups in total. The standard InChI is InChI=1S/C8H8F9NO2/c1-2-5(7(12,13)14,8(15,16)17)18-4(19)20-3-6(9,10)11/h2-3H2,1H3,(H,18,19). The van der Waals surface area contributed by atoms with Crippen molar-refractivity contribution in [1.29, 1.82) is 0 Å². The lowest BCUT2D eigenvalue weighted by Gasteiger charge is -2.36. The van der Waals surface area contributed by atoms with Crippen molar-refractivity contribution in [3.63, 3.8) is 0 Å². The van der Waals surface area contributed by atoms with Crippen molar-refractivity contribution in [2.45, 2.75) is 37.4 Å². The van der Waals surface area contributed by atoms with Gasteiger partial charge in [-0.15, -0.1) is 0 Å². The Kier molecular flexibility index (Phi) is 5.18. The summed E-state index contributed by atoms with van der Waals surface area (Å²) >= 11 is 0. The molecule has 0 radical (unpaired) electrons. The smallest absolute Gasteiger partial charge is 0.422 e. The van der Waals surface area contributed by atoms with Crippen LogP contribution in [0.15, 0.2) is 0 Å². The molecule has 0 unspecified atom stereocenters. The van der Waals surface area contributed by atoms with Crippen LogP contribution >= 0.6 is 0 Å². The highest BCUT2D eigenvalue weighted by Crippen LogP contribution is 2.45. The van der Waals surface area contributed by atoms with Crippen molar-refractivity contribution in [3.05, 3.63) is 0 Å². The first kappa shape index (κ1) is 18.6. The van der Waals surface area contributed by atoms with E-state index in [0.29, 0.717) is 12.2 Å². The zero-order valence-electron chi connectivity index (χ0n) is 9.63. The molecule has 0 aliphatic heterocycles. The molecule has 0 atom stereocenters. The van der Waals surface area contributed by atoms with Crippen molar-refractivity contribution in [2.24, 2.45) is 0 Å². The van der Waals surface area contributed by atoms with E-state index in [1.54, 1.807) is 0 Å². The second-order valence-corrected chi connectivity index (χ2v) is 3.57. The van der Waals surface area contributed by atoms with Gasteiger partial charge in [-0.25, -0.2) is 4.79 Å². The Morgan fingerprint density at radius 2 is 1.35 bits per heavy atom. The van der Waals surface area contributed by atoms with Crippen LogP contribution in [0.2, 0.25) is 0 Å². The van der Waals surface area contributed by atoms with E-state index in [2.05, 4.69) is 4.74 Å². The number of carbonyl (C=O) groups is 1. The minimum absolute atomic E-state index is 0.422. The molecule has 0 bridgehead atoms. The van der Waals surface area contributed by atoms with E-state index < -0.39 is 43.2 Å². The third-order valence-corrected chi connectivity index (χ3v) is 2.18. The van der Waals surface area contributed by atoms with Crippen molar-refractivity contribution in [1.82, 2.24) is 5.32 Å². The van der Waals surface area contributed by atoms with Crippen LogP contribution in [0.1, 0.15) is 13.3 Å². The summed E-state index contributed by atoms with van der Waals surface area (Å²) in [5.41, 5.74) is -4.68. The summed E-state index contributed by atoms with van der Waals surface area (Å²) < 4.78 is 113. The number of alkyl carbamates (subject to hydrolysis) is 1. The molecular formula is C8H8F9NO2. The molecule has 0 aliphatic rings. The molecule has 1 amide bonds. The molecule has 20 heavy (non-hydrogen) atoms. The minimum atomic E-state index is -5.96. The number of ether oxygens (including phenoxy) is 1. The maximum absolute atomic E-state index is 12.5. The zero-order valence-corrected chi connectivity index (χ0v) is 9.63. The number of alkyl halides is 9. The van der Waals surface area contributed by atoms with Crippen LogP contribution in [0, 0.1) is 0 Å². The highest BCUT2D eigenvalue weighted by atomic mass is 19.4. The number of amides is 1. The Bertz CT molecular complexity index is 329. The molecule has 0 fully saturated rings. The van der Waals surface area contributed by atoms with E-state index in [0.717, 1.165) is 0 Å². The van der Waals surface area contributed by atoms with E-state index in [1.165, 1.54) is 0 Å². The lowest BCUT2D eigenvalue weighted by atomic mass is 9.94. The number of hydrogen-bond acceptors (Lipinski definition) is 2. The van der Waals surface area contributed by atoms with Crippen molar-refractivity contribution >= 4 is 6.09 Å². The maximum Gasteiger partial charge on any atom is 0.422 e. The molecule has 0 heterocycles. The van der Waals surface area contributed by atoms with Crippen LogP contribution in [0.3, 0.4) is 0 Å². The van der Waals surface area contributed by atoms with Crippen LogP contribution in [0.5, 0.6) is 0 Å². The second-order valence-electron chi connectivity index (χ2n) is 3.57. The largest absolute Gasteiger partial charge is 0.440 e. The lowest BCUT2D eigenvalue weighted by molar-refractivity contribution is -0.305. The summed E-state index contributed by atoms with van der Waals surface area (Å²) in [4.78, 5) is 10.7. The van der Waals surface area contributed by atoms with Gasteiger partial charge in [0, 0.05) is 0 Å². The predicted octanol–water partition coefficient (Wildman–Crippen LogP) is 3.55. The number of halogens is 9. The van der Waals surface area contributed by atoms with Gasteiger partial charge in [0.05, 0.1) is 0 Å². The van der Waals surface area contributed by atoms with Gasteiger partial charge in [0.15, 0.2) is 6.61 Å². The molecule has 0 aromatic rings. The molecule has 3 nitrogen and oxygen atoms in total. The Hall–Kier alpha value is -1.36. The van der Waals surface area contributed by atoms with Crippen LogP contribution in [0.4, 0.5) is 44.3 Å². The van der Waals surface area contributed by atoms with Gasteiger partial charge in [0.1, 0.15) is 0 Å². The van der Waals surface area contributed by atoms with Crippen molar-refractivity contribution in [3.8, 4) is 0 Å². The third-order valence-electron chi connectivity index (χ3n) is 2.18. The Labute approximate surface area is 106 Å². The Balaban J connectivity index is 5.16. The van der Waals surface area contributed by atoms with Crippen molar-refractivity contribution in [2.75, 3.05) is 6.61 Å². The quantitative estimate of drug-likeness (QED) is 0.808. The Morgan fingerprint density at radius 3 is 1.60 bits per heavy atom. The van der Waals surface area contributed by atoms with E-state index in [-0.39, 0.29) is 0 Å². The monoisotopic (exact) mass is 321 g/mol. The van der Waals surface area contributed by atoms with E-state index in [1.807, 2.05) is 0 Å². The summed E-state index contributed by atoms with van der Waals surface area (Å²) in [7, 11) is 0. The molecule has 0 saturated heterocycles. The Morgan fingerprint density at radius 1 is 0.950 bits per heavy atom. The molecule has 0 aromatic heterocycles. The number of hydrogen-bond donors (Lipinski definition) is 1. The molecular weight excluding hydrogens is 313 g/mol. The number of nitrogens with one attached hydrogen (secondary N) is 1. The molecule has 0 rings (SSSR count). The predicted molar refractivity (Wildman–Crippen MR) is 45.7 cm³/mol. The fourth-order valence-electron chi connectivity index (χ4n) is 1.15. The normalized spacial score (nSPS) is 14.1. The highest BCUT2D eigenvalue weighted by molar-refractivity contribution is 5.68. The fraction of sp³-hybridized carbons (Fsp3) is 0.875. The van der Waals surface area contributed by atoms with Gasteiger partial charge in [0.25, 0.3) is 0 Å². The van der Waals surface area contributed by atoms with Gasteiger partial charge < -0.3 is 4.74 Å². The van der Waals surface area contributed by atoms with E-state index in [4.69, 9.17) is 0 Å². The molecule has 120 valence electrons. The SMILES string of the molecule is CCC(NC(=O)OCC(F)(F)F)(C(F)(F)F)C(F)(F)F. The molecule has 12 heteroatoms. The minimum Gasteiger partial charge on any atom is -0.440 e. The number of carbonyl (C=O) groups excluding carboxylic acids is 1. The average Bonchev–Trinajstić information content (AvgIpc) is 2.18. The maximum atomic E-state index is 12.5. The first-order chi connectivity index (χ1) is 8.66. The lowest BCUT2D eigenvalue weighted by Crippen LogP contribution is -2.67. The first-order valence-corrected chi connectivity index (χ1v) is 4.81. The van der Waals surface area contributed by atoms with Gasteiger partial charge in [-0.05, 0) is 6.42 Å². The fourth-order valence-corrected chi connectivity index (χ4v) is 1.15.